The summed E-state index contributed by atoms with van der Waals surface area (Å²) in [7, 11) is 0. The number of rotatable bonds is 6. The Morgan fingerprint density at radius 3 is 2.41 bits per heavy atom. The van der Waals surface area contributed by atoms with Crippen LogP contribution in [-0.2, 0) is 9.59 Å². The highest BCUT2D eigenvalue weighted by atomic mass is 16.4. The fraction of sp³-hybridized carbons (Fsp3) is 0.833. The summed E-state index contributed by atoms with van der Waals surface area (Å²) in [6.07, 6.45) is 3.69. The third-order valence-electron chi connectivity index (χ3n) is 3.66. The van der Waals surface area contributed by atoms with E-state index in [2.05, 4.69) is 5.32 Å². The van der Waals surface area contributed by atoms with Gasteiger partial charge in [-0.15, -0.1) is 0 Å². The van der Waals surface area contributed by atoms with Crippen LogP contribution in [0.15, 0.2) is 0 Å². The minimum Gasteiger partial charge on any atom is -0.480 e. The van der Waals surface area contributed by atoms with E-state index in [9.17, 15) is 9.59 Å². The van der Waals surface area contributed by atoms with Gasteiger partial charge in [0.2, 0.25) is 5.91 Å². The fourth-order valence-corrected chi connectivity index (χ4v) is 2.04. The molecule has 4 N–H and O–H groups in total. The number of nitrogens with one attached hydrogen (secondary N) is 1. The number of carboxylic acids is 1. The van der Waals surface area contributed by atoms with Crippen LogP contribution in [0.5, 0.6) is 0 Å². The average molecular weight is 242 g/mol. The van der Waals surface area contributed by atoms with Crippen LogP contribution in [0.3, 0.4) is 0 Å². The van der Waals surface area contributed by atoms with Crippen molar-refractivity contribution in [3.8, 4) is 0 Å². The number of carboxylic acid groups (broad SMARTS) is 1. The van der Waals surface area contributed by atoms with E-state index in [0.717, 1.165) is 19.3 Å². The van der Waals surface area contributed by atoms with Crippen molar-refractivity contribution < 1.29 is 14.7 Å². The molecule has 1 aliphatic carbocycles. The van der Waals surface area contributed by atoms with Crippen LogP contribution in [0.1, 0.15) is 46.0 Å². The fourth-order valence-electron chi connectivity index (χ4n) is 2.04. The van der Waals surface area contributed by atoms with Crippen molar-refractivity contribution in [2.75, 3.05) is 0 Å². The Bertz CT molecular complexity index is 300. The Balaban J connectivity index is 2.49. The van der Waals surface area contributed by atoms with Crippen molar-refractivity contribution in [2.24, 2.45) is 11.7 Å². The number of aliphatic carboxylic acids is 1. The predicted octanol–water partition coefficient (Wildman–Crippen LogP) is 0.873. The van der Waals surface area contributed by atoms with Gasteiger partial charge in [0.25, 0.3) is 0 Å². The largest absolute Gasteiger partial charge is 0.480 e. The monoisotopic (exact) mass is 242 g/mol. The Hall–Kier alpha value is -1.10. The molecule has 1 rings (SSSR count). The second-order valence-electron chi connectivity index (χ2n) is 5.16. The molecule has 1 saturated carbocycles. The van der Waals surface area contributed by atoms with Crippen LogP contribution in [0, 0.1) is 5.92 Å². The van der Waals surface area contributed by atoms with Crippen LogP contribution < -0.4 is 11.1 Å². The molecule has 17 heavy (non-hydrogen) atoms. The first-order valence-electron chi connectivity index (χ1n) is 6.19. The van der Waals surface area contributed by atoms with Crippen molar-refractivity contribution in [1.29, 1.82) is 0 Å². The van der Waals surface area contributed by atoms with E-state index >= 15 is 0 Å². The Kier molecular flexibility index (Phi) is 4.51. The second kappa shape index (κ2) is 5.49. The highest BCUT2D eigenvalue weighted by Crippen LogP contribution is 2.32. The highest BCUT2D eigenvalue weighted by Gasteiger charge is 2.36. The maximum absolute atomic E-state index is 11.7. The zero-order chi connectivity index (χ0) is 13.1. The van der Waals surface area contributed by atoms with E-state index < -0.39 is 17.6 Å². The molecule has 0 aromatic rings. The Morgan fingerprint density at radius 1 is 1.47 bits per heavy atom. The maximum atomic E-state index is 11.7. The first kappa shape index (κ1) is 14.0. The molecule has 0 aromatic heterocycles. The molecule has 0 aliphatic heterocycles. The van der Waals surface area contributed by atoms with Gasteiger partial charge >= 0.3 is 5.97 Å². The molecule has 0 heterocycles. The van der Waals surface area contributed by atoms with Crippen molar-refractivity contribution in [3.05, 3.63) is 0 Å². The maximum Gasteiger partial charge on any atom is 0.326 e. The van der Waals surface area contributed by atoms with Crippen molar-refractivity contribution >= 4 is 11.9 Å². The number of hydrogen-bond donors (Lipinski definition) is 3. The lowest BCUT2D eigenvalue weighted by molar-refractivity contribution is -0.143. The summed E-state index contributed by atoms with van der Waals surface area (Å²) in [5, 5.41) is 11.6. The molecule has 1 amide bonds. The van der Waals surface area contributed by atoms with Gasteiger partial charge in [-0.3, -0.25) is 4.79 Å². The molecule has 98 valence electrons. The molecular formula is C12H22N2O3. The lowest BCUT2D eigenvalue weighted by atomic mass is 9.75. The number of amides is 1. The van der Waals surface area contributed by atoms with Gasteiger partial charge in [-0.05, 0) is 25.2 Å². The third-order valence-corrected chi connectivity index (χ3v) is 3.66. The summed E-state index contributed by atoms with van der Waals surface area (Å²) in [4.78, 5) is 22.8. The molecular weight excluding hydrogens is 220 g/mol. The predicted molar refractivity (Wildman–Crippen MR) is 64.4 cm³/mol. The summed E-state index contributed by atoms with van der Waals surface area (Å²) >= 11 is 0. The first-order valence-corrected chi connectivity index (χ1v) is 6.19. The van der Waals surface area contributed by atoms with Gasteiger partial charge in [-0.2, -0.15) is 0 Å². The molecule has 0 bridgehead atoms. The molecule has 5 heteroatoms. The van der Waals surface area contributed by atoms with E-state index in [-0.39, 0.29) is 18.2 Å². The van der Waals surface area contributed by atoms with Gasteiger partial charge in [-0.25, -0.2) is 4.79 Å². The smallest absolute Gasteiger partial charge is 0.326 e. The zero-order valence-corrected chi connectivity index (χ0v) is 10.5. The first-order chi connectivity index (χ1) is 7.88. The van der Waals surface area contributed by atoms with E-state index in [1.807, 2.05) is 13.8 Å². The summed E-state index contributed by atoms with van der Waals surface area (Å²) in [6.45, 7) is 3.73. The normalized spacial score (nSPS) is 21.1. The van der Waals surface area contributed by atoms with Crippen LogP contribution >= 0.6 is 0 Å². The van der Waals surface area contributed by atoms with E-state index in [4.69, 9.17) is 10.8 Å². The minimum absolute atomic E-state index is 0.0773. The summed E-state index contributed by atoms with van der Waals surface area (Å²) in [6, 6.07) is -0.809. The van der Waals surface area contributed by atoms with E-state index in [1.54, 1.807) is 0 Å². The topological polar surface area (TPSA) is 92.4 Å². The number of carbonyl (C=O) groups is 2. The van der Waals surface area contributed by atoms with Gasteiger partial charge in [-0.1, -0.05) is 20.3 Å². The van der Waals surface area contributed by atoms with Gasteiger partial charge in [0, 0.05) is 12.0 Å². The van der Waals surface area contributed by atoms with Crippen molar-refractivity contribution in [1.82, 2.24) is 5.32 Å². The van der Waals surface area contributed by atoms with Crippen molar-refractivity contribution in [3.63, 3.8) is 0 Å². The Morgan fingerprint density at radius 2 is 2.06 bits per heavy atom. The van der Waals surface area contributed by atoms with Crippen LogP contribution in [0.25, 0.3) is 0 Å². The number of hydrogen-bond acceptors (Lipinski definition) is 3. The van der Waals surface area contributed by atoms with Crippen LogP contribution in [0.2, 0.25) is 0 Å². The highest BCUT2D eigenvalue weighted by molar-refractivity contribution is 5.84. The molecule has 1 fully saturated rings. The quantitative estimate of drug-likeness (QED) is 0.644. The third kappa shape index (κ3) is 3.70. The molecule has 0 aromatic carbocycles. The lowest BCUT2D eigenvalue weighted by Crippen LogP contribution is -2.53. The molecule has 0 spiro atoms. The van der Waals surface area contributed by atoms with Gasteiger partial charge in [0.1, 0.15) is 6.04 Å². The van der Waals surface area contributed by atoms with Gasteiger partial charge in [0.05, 0.1) is 0 Å². The molecule has 2 unspecified atom stereocenters. The van der Waals surface area contributed by atoms with E-state index in [1.165, 1.54) is 0 Å². The van der Waals surface area contributed by atoms with E-state index in [0.29, 0.717) is 6.42 Å². The molecule has 0 saturated heterocycles. The number of carbonyl (C=O) groups excluding carboxylic acids is 1. The molecule has 2 atom stereocenters. The van der Waals surface area contributed by atoms with Crippen LogP contribution in [0.4, 0.5) is 0 Å². The molecule has 1 aliphatic rings. The molecule has 5 nitrogen and oxygen atoms in total. The van der Waals surface area contributed by atoms with Crippen molar-refractivity contribution in [2.45, 2.75) is 57.5 Å². The van der Waals surface area contributed by atoms with Gasteiger partial charge < -0.3 is 16.2 Å². The number of nitrogens with two attached hydrogens (primary N) is 1. The average Bonchev–Trinajstić information content (AvgIpc) is 2.22. The van der Waals surface area contributed by atoms with Crippen LogP contribution in [-0.4, -0.2) is 28.6 Å². The molecule has 0 radical (unpaired) electrons. The summed E-state index contributed by atoms with van der Waals surface area (Å²) < 4.78 is 0. The summed E-state index contributed by atoms with van der Waals surface area (Å²) in [5.41, 5.74) is 5.56. The zero-order valence-electron chi connectivity index (χ0n) is 10.5. The Labute approximate surface area is 102 Å². The lowest BCUT2D eigenvalue weighted by Gasteiger charge is -2.37. The minimum atomic E-state index is -0.979. The SMILES string of the molecule is CCC(C)C(NC(=O)CC1(N)CCC1)C(=O)O. The van der Waals surface area contributed by atoms with Gasteiger partial charge in [0.15, 0.2) is 0 Å². The summed E-state index contributed by atoms with van der Waals surface area (Å²) in [5.74, 6) is -1.31. The second-order valence-corrected chi connectivity index (χ2v) is 5.16. The standard InChI is InChI=1S/C12H22N2O3/c1-3-8(2)10(11(16)17)14-9(15)7-12(13)5-4-6-12/h8,10H,3-7,13H2,1-2H3,(H,14,15)(H,16,17).